The molecule has 2 aromatic carbocycles. The van der Waals surface area contributed by atoms with Crippen molar-refractivity contribution in [1.29, 1.82) is 0 Å². The van der Waals surface area contributed by atoms with Gasteiger partial charge in [-0.1, -0.05) is 24.3 Å². The fourth-order valence-corrected chi connectivity index (χ4v) is 5.95. The molecule has 0 aliphatic rings. The maximum atomic E-state index is 6.05. The Morgan fingerprint density at radius 1 is 0.846 bits per heavy atom. The number of para-hydroxylation sites is 2. The number of fused-ring (bicyclic) bond motifs is 2. The van der Waals surface area contributed by atoms with E-state index in [2.05, 4.69) is 37.9 Å². The van der Waals surface area contributed by atoms with Crippen molar-refractivity contribution in [2.24, 2.45) is 0 Å². The molecule has 0 spiro atoms. The summed E-state index contributed by atoms with van der Waals surface area (Å²) < 4.78 is 12.1. The van der Waals surface area contributed by atoms with Crippen molar-refractivity contribution >= 4 is 67.1 Å². The lowest BCUT2D eigenvalue weighted by atomic mass is 10.1. The molecule has 2 heterocycles. The first kappa shape index (κ1) is 18.2. The lowest BCUT2D eigenvalue weighted by Gasteiger charge is -2.30. The highest BCUT2D eigenvalue weighted by atomic mass is 32.2. The van der Waals surface area contributed by atoms with E-state index in [1.807, 2.05) is 40.9 Å². The number of thiazole rings is 2. The molecular weight excluding hydrogens is 402 g/mol. The Hall–Kier alpha value is -1.16. The van der Waals surface area contributed by atoms with Crippen LogP contribution in [0.2, 0.25) is 0 Å². The zero-order chi connectivity index (χ0) is 18.1. The Kier molecular flexibility index (Phi) is 5.22. The molecule has 0 unspecified atom stereocenters. The van der Waals surface area contributed by atoms with Crippen molar-refractivity contribution in [3.05, 3.63) is 48.5 Å². The lowest BCUT2D eigenvalue weighted by Crippen LogP contribution is -2.34. The van der Waals surface area contributed by atoms with E-state index in [1.165, 1.54) is 33.4 Å². The van der Waals surface area contributed by atoms with Gasteiger partial charge in [-0.05, 0) is 45.0 Å². The Labute approximate surface area is 168 Å². The van der Waals surface area contributed by atoms with Crippen molar-refractivity contribution in [1.82, 2.24) is 14.4 Å². The van der Waals surface area contributed by atoms with E-state index in [0.29, 0.717) is 0 Å². The molecule has 0 aliphatic heterocycles. The minimum Gasteiger partial charge on any atom is -0.228 e. The number of aromatic nitrogens is 2. The van der Waals surface area contributed by atoms with Crippen molar-refractivity contribution in [3.63, 3.8) is 0 Å². The molecule has 26 heavy (non-hydrogen) atoms. The molecule has 0 saturated carbocycles. The van der Waals surface area contributed by atoms with Crippen LogP contribution in [0.3, 0.4) is 0 Å². The fourth-order valence-electron chi connectivity index (χ4n) is 2.18. The summed E-state index contributed by atoms with van der Waals surface area (Å²) in [7, 11) is 0. The van der Waals surface area contributed by atoms with Crippen molar-refractivity contribution in [2.45, 2.75) is 35.0 Å². The van der Waals surface area contributed by atoms with Crippen LogP contribution in [0.1, 0.15) is 20.8 Å². The molecule has 2 aromatic heterocycles. The van der Waals surface area contributed by atoms with E-state index in [0.717, 1.165) is 19.7 Å². The van der Waals surface area contributed by atoms with E-state index < -0.39 is 0 Å². The van der Waals surface area contributed by atoms with Crippen molar-refractivity contribution in [3.8, 4) is 0 Å². The van der Waals surface area contributed by atoms with Gasteiger partial charge in [-0.2, -0.15) is 0 Å². The molecular formula is C18H17N3OS4. The average Bonchev–Trinajstić information content (AvgIpc) is 3.20. The summed E-state index contributed by atoms with van der Waals surface area (Å²) in [5, 5.41) is 0. The normalized spacial score (nSPS) is 12.5. The second-order valence-corrected chi connectivity index (χ2v) is 10.8. The maximum absolute atomic E-state index is 6.05. The zero-order valence-corrected chi connectivity index (χ0v) is 17.8. The second kappa shape index (κ2) is 7.46. The molecule has 0 amide bonds. The van der Waals surface area contributed by atoms with Gasteiger partial charge in [0.2, 0.25) is 0 Å². The minimum atomic E-state index is -0.188. The molecule has 0 fully saturated rings. The van der Waals surface area contributed by atoms with Gasteiger partial charge in [-0.25, -0.2) is 14.3 Å². The Morgan fingerprint density at radius 2 is 1.38 bits per heavy atom. The highest BCUT2D eigenvalue weighted by Gasteiger charge is 2.26. The van der Waals surface area contributed by atoms with Gasteiger partial charge in [0.1, 0.15) is 0 Å². The fraction of sp³-hybridized carbons (Fsp3) is 0.222. The van der Waals surface area contributed by atoms with Crippen LogP contribution in [-0.2, 0) is 4.28 Å². The number of hydrogen-bond donors (Lipinski definition) is 0. The van der Waals surface area contributed by atoms with E-state index in [1.54, 1.807) is 22.7 Å². The first-order valence-electron chi connectivity index (χ1n) is 8.03. The second-order valence-electron chi connectivity index (χ2n) is 6.57. The van der Waals surface area contributed by atoms with E-state index >= 15 is 0 Å². The van der Waals surface area contributed by atoms with Crippen LogP contribution in [0.4, 0.5) is 0 Å². The van der Waals surface area contributed by atoms with Gasteiger partial charge in [0.15, 0.2) is 8.68 Å². The van der Waals surface area contributed by atoms with Crippen LogP contribution in [-0.4, -0.2) is 20.0 Å². The molecule has 0 aliphatic carbocycles. The number of rotatable bonds is 5. The highest BCUT2D eigenvalue weighted by Crippen LogP contribution is 2.39. The van der Waals surface area contributed by atoms with Crippen LogP contribution in [0.5, 0.6) is 0 Å². The number of hydroxylamine groups is 1. The molecule has 134 valence electrons. The molecule has 4 nitrogen and oxygen atoms in total. The third kappa shape index (κ3) is 4.05. The van der Waals surface area contributed by atoms with Gasteiger partial charge < -0.3 is 0 Å². The molecule has 4 rings (SSSR count). The Balaban J connectivity index is 1.51. The van der Waals surface area contributed by atoms with E-state index in [4.69, 9.17) is 9.27 Å². The summed E-state index contributed by atoms with van der Waals surface area (Å²) in [4.78, 5) is 9.31. The van der Waals surface area contributed by atoms with Gasteiger partial charge in [0.05, 0.1) is 38.0 Å². The molecule has 8 heteroatoms. The largest absolute Gasteiger partial charge is 0.228 e. The first-order chi connectivity index (χ1) is 12.5. The molecule has 0 atom stereocenters. The SMILES string of the molecule is CC(C)(C)N(OSc1nc2ccccc2s1)Sc1nc2ccccc2s1. The van der Waals surface area contributed by atoms with Gasteiger partial charge in [0, 0.05) is 11.9 Å². The maximum Gasteiger partial charge on any atom is 0.180 e. The summed E-state index contributed by atoms with van der Waals surface area (Å²) in [5.41, 5.74) is 1.84. The van der Waals surface area contributed by atoms with Gasteiger partial charge >= 0.3 is 0 Å². The third-order valence-electron chi connectivity index (χ3n) is 3.43. The Morgan fingerprint density at radius 3 is 1.96 bits per heavy atom. The van der Waals surface area contributed by atoms with Crippen molar-refractivity contribution in [2.75, 3.05) is 0 Å². The molecule has 0 N–H and O–H groups in total. The lowest BCUT2D eigenvalue weighted by molar-refractivity contribution is -0.00335. The number of hydrogen-bond acceptors (Lipinski definition) is 8. The van der Waals surface area contributed by atoms with Crippen LogP contribution < -0.4 is 0 Å². The standard InChI is InChI=1S/C18H17N3OS4/c1-18(2,3)21(25-16-19-12-8-4-6-10-14(12)23-16)22-26-17-20-13-9-5-7-11-15(13)24-17/h4-11H,1-3H3. The van der Waals surface area contributed by atoms with Crippen LogP contribution in [0.25, 0.3) is 20.4 Å². The van der Waals surface area contributed by atoms with E-state index in [-0.39, 0.29) is 5.54 Å². The predicted molar refractivity (Wildman–Crippen MR) is 114 cm³/mol. The Bertz CT molecular complexity index is 971. The van der Waals surface area contributed by atoms with Gasteiger partial charge in [-0.15, -0.1) is 27.1 Å². The van der Waals surface area contributed by atoms with Crippen LogP contribution in [0, 0.1) is 0 Å². The molecule has 0 radical (unpaired) electrons. The molecule has 0 saturated heterocycles. The van der Waals surface area contributed by atoms with Gasteiger partial charge in [-0.3, -0.25) is 0 Å². The smallest absolute Gasteiger partial charge is 0.180 e. The van der Waals surface area contributed by atoms with Crippen molar-refractivity contribution < 1.29 is 4.28 Å². The number of nitrogens with zero attached hydrogens (tertiary/aromatic N) is 3. The topological polar surface area (TPSA) is 38.2 Å². The minimum absolute atomic E-state index is 0.188. The quantitative estimate of drug-likeness (QED) is 0.205. The van der Waals surface area contributed by atoms with E-state index in [9.17, 15) is 0 Å². The van der Waals surface area contributed by atoms with Gasteiger partial charge in [0.25, 0.3) is 0 Å². The number of benzene rings is 2. The average molecular weight is 420 g/mol. The predicted octanol–water partition coefficient (Wildman–Crippen LogP) is 6.65. The van der Waals surface area contributed by atoms with Crippen LogP contribution >= 0.6 is 46.7 Å². The zero-order valence-electron chi connectivity index (χ0n) is 14.5. The van der Waals surface area contributed by atoms with Crippen LogP contribution in [0.15, 0.2) is 57.2 Å². The highest BCUT2D eigenvalue weighted by molar-refractivity contribution is 8.00. The summed E-state index contributed by atoms with van der Waals surface area (Å²) in [6.07, 6.45) is 0. The molecule has 4 aromatic rings. The first-order valence-corrected chi connectivity index (χ1v) is 11.2. The molecule has 0 bridgehead atoms. The third-order valence-corrected chi connectivity index (χ3v) is 7.61. The summed E-state index contributed by atoms with van der Waals surface area (Å²) >= 11 is 6.13. The summed E-state index contributed by atoms with van der Waals surface area (Å²) in [6, 6.07) is 16.3. The summed E-state index contributed by atoms with van der Waals surface area (Å²) in [6.45, 7) is 6.35. The summed E-state index contributed by atoms with van der Waals surface area (Å²) in [5.74, 6) is 0. The monoisotopic (exact) mass is 419 g/mol.